The van der Waals surface area contributed by atoms with Crippen LogP contribution in [0.2, 0.25) is 5.02 Å². The lowest BCUT2D eigenvalue weighted by Crippen LogP contribution is -2.09. The van der Waals surface area contributed by atoms with Crippen LogP contribution in [0.1, 0.15) is 0 Å². The number of anilines is 2. The number of rotatable bonds is 4. The summed E-state index contributed by atoms with van der Waals surface area (Å²) in [6, 6.07) is 2.65. The molecule has 0 atom stereocenters. The molecule has 0 fully saturated rings. The Morgan fingerprint density at radius 2 is 2.29 bits per heavy atom. The molecule has 3 N–H and O–H groups in total. The highest BCUT2D eigenvalue weighted by molar-refractivity contribution is 6.31. The van der Waals surface area contributed by atoms with E-state index in [1.165, 1.54) is 12.1 Å². The molecule has 0 saturated carbocycles. The van der Waals surface area contributed by atoms with Crippen molar-refractivity contribution in [1.82, 2.24) is 0 Å². The first-order chi connectivity index (χ1) is 6.65. The molecular formula is C9H12ClFN2O. The molecule has 0 unspecified atom stereocenters. The molecule has 0 aliphatic carbocycles. The van der Waals surface area contributed by atoms with Gasteiger partial charge in [0.25, 0.3) is 0 Å². The van der Waals surface area contributed by atoms with Crippen LogP contribution >= 0.6 is 11.6 Å². The van der Waals surface area contributed by atoms with Gasteiger partial charge in [0.2, 0.25) is 0 Å². The molecule has 0 amide bonds. The normalized spacial score (nSPS) is 10.2. The number of benzene rings is 1. The van der Waals surface area contributed by atoms with Gasteiger partial charge in [0.1, 0.15) is 5.82 Å². The van der Waals surface area contributed by atoms with Gasteiger partial charge in [-0.1, -0.05) is 11.6 Å². The number of ether oxygens (including phenoxy) is 1. The van der Waals surface area contributed by atoms with Crippen LogP contribution in [-0.4, -0.2) is 20.3 Å². The zero-order valence-corrected chi connectivity index (χ0v) is 8.57. The number of nitrogens with two attached hydrogens (primary N) is 1. The summed E-state index contributed by atoms with van der Waals surface area (Å²) >= 11 is 5.54. The van der Waals surface area contributed by atoms with Crippen LogP contribution in [0.15, 0.2) is 12.1 Å². The smallest absolute Gasteiger partial charge is 0.143 e. The van der Waals surface area contributed by atoms with Crippen molar-refractivity contribution < 1.29 is 9.13 Å². The molecule has 0 heterocycles. The number of methoxy groups -OCH3 is 1. The fourth-order valence-electron chi connectivity index (χ4n) is 1.00. The van der Waals surface area contributed by atoms with Crippen molar-refractivity contribution in [1.29, 1.82) is 0 Å². The van der Waals surface area contributed by atoms with Gasteiger partial charge in [-0.25, -0.2) is 4.39 Å². The van der Waals surface area contributed by atoms with E-state index in [9.17, 15) is 4.39 Å². The summed E-state index contributed by atoms with van der Waals surface area (Å²) in [5.41, 5.74) is 6.57. The van der Waals surface area contributed by atoms with Crippen molar-refractivity contribution in [2.75, 3.05) is 31.3 Å². The van der Waals surface area contributed by atoms with Crippen molar-refractivity contribution in [2.45, 2.75) is 0 Å². The quantitative estimate of drug-likeness (QED) is 0.601. The third-order valence-corrected chi connectivity index (χ3v) is 2.00. The number of hydrogen-bond donors (Lipinski definition) is 2. The average Bonchev–Trinajstić information content (AvgIpc) is 2.14. The van der Waals surface area contributed by atoms with E-state index in [0.29, 0.717) is 24.5 Å². The SMILES string of the molecule is COCCNc1cc(F)c(Cl)cc1N. The van der Waals surface area contributed by atoms with Crippen LogP contribution in [0, 0.1) is 5.82 Å². The molecule has 0 saturated heterocycles. The molecule has 1 aromatic carbocycles. The van der Waals surface area contributed by atoms with Gasteiger partial charge in [-0.3, -0.25) is 0 Å². The summed E-state index contributed by atoms with van der Waals surface area (Å²) in [5.74, 6) is -0.485. The van der Waals surface area contributed by atoms with E-state index in [1.54, 1.807) is 7.11 Å². The Labute approximate surface area is 87.0 Å². The molecule has 0 bridgehead atoms. The lowest BCUT2D eigenvalue weighted by atomic mass is 10.2. The first-order valence-corrected chi connectivity index (χ1v) is 4.50. The van der Waals surface area contributed by atoms with Crippen molar-refractivity contribution in [3.8, 4) is 0 Å². The van der Waals surface area contributed by atoms with Crippen LogP contribution < -0.4 is 11.1 Å². The van der Waals surface area contributed by atoms with Crippen molar-refractivity contribution in [2.24, 2.45) is 0 Å². The first kappa shape index (κ1) is 11.1. The molecule has 0 spiro atoms. The van der Waals surface area contributed by atoms with Crippen LogP contribution in [0.3, 0.4) is 0 Å². The van der Waals surface area contributed by atoms with Crippen molar-refractivity contribution in [3.05, 3.63) is 23.0 Å². The number of nitrogen functional groups attached to an aromatic ring is 1. The third kappa shape index (κ3) is 2.75. The molecule has 0 aromatic heterocycles. The minimum Gasteiger partial charge on any atom is -0.397 e. The minimum atomic E-state index is -0.485. The van der Waals surface area contributed by atoms with Gasteiger partial charge in [0.15, 0.2) is 0 Å². The van der Waals surface area contributed by atoms with Gasteiger partial charge in [-0.15, -0.1) is 0 Å². The Bertz CT molecular complexity index is 320. The zero-order chi connectivity index (χ0) is 10.6. The monoisotopic (exact) mass is 218 g/mol. The molecule has 5 heteroatoms. The topological polar surface area (TPSA) is 47.3 Å². The fraction of sp³-hybridized carbons (Fsp3) is 0.333. The van der Waals surface area contributed by atoms with Crippen LogP contribution in [0.4, 0.5) is 15.8 Å². The van der Waals surface area contributed by atoms with E-state index in [4.69, 9.17) is 22.1 Å². The van der Waals surface area contributed by atoms with E-state index in [2.05, 4.69) is 5.32 Å². The Balaban J connectivity index is 2.72. The highest BCUT2D eigenvalue weighted by Gasteiger charge is 2.05. The number of halogens is 2. The minimum absolute atomic E-state index is 0.0276. The maximum atomic E-state index is 13.0. The van der Waals surface area contributed by atoms with Crippen LogP contribution in [0.5, 0.6) is 0 Å². The zero-order valence-electron chi connectivity index (χ0n) is 7.81. The molecule has 1 rings (SSSR count). The summed E-state index contributed by atoms with van der Waals surface area (Å²) in [7, 11) is 1.59. The highest BCUT2D eigenvalue weighted by Crippen LogP contribution is 2.25. The van der Waals surface area contributed by atoms with E-state index in [-0.39, 0.29) is 5.02 Å². The summed E-state index contributed by atoms with van der Waals surface area (Å²) < 4.78 is 17.8. The fourth-order valence-corrected chi connectivity index (χ4v) is 1.18. The van der Waals surface area contributed by atoms with Gasteiger partial charge >= 0.3 is 0 Å². The predicted molar refractivity (Wildman–Crippen MR) is 56.2 cm³/mol. The Morgan fingerprint density at radius 1 is 1.57 bits per heavy atom. The lowest BCUT2D eigenvalue weighted by Gasteiger charge is -2.09. The lowest BCUT2D eigenvalue weighted by molar-refractivity contribution is 0.211. The number of nitrogens with one attached hydrogen (secondary N) is 1. The third-order valence-electron chi connectivity index (χ3n) is 1.71. The molecule has 0 aliphatic heterocycles. The van der Waals surface area contributed by atoms with E-state index in [0.717, 1.165) is 0 Å². The maximum Gasteiger partial charge on any atom is 0.143 e. The maximum absolute atomic E-state index is 13.0. The summed E-state index contributed by atoms with van der Waals surface area (Å²) in [6.07, 6.45) is 0. The van der Waals surface area contributed by atoms with Gasteiger partial charge in [0.05, 0.1) is 23.0 Å². The Morgan fingerprint density at radius 3 is 2.93 bits per heavy atom. The highest BCUT2D eigenvalue weighted by atomic mass is 35.5. The van der Waals surface area contributed by atoms with Crippen LogP contribution in [-0.2, 0) is 4.74 Å². The Hall–Kier alpha value is -1.00. The largest absolute Gasteiger partial charge is 0.397 e. The predicted octanol–water partition coefficient (Wildman–Crippen LogP) is 2.12. The second-order valence-corrected chi connectivity index (χ2v) is 3.18. The molecule has 78 valence electrons. The van der Waals surface area contributed by atoms with Gasteiger partial charge in [-0.2, -0.15) is 0 Å². The molecule has 14 heavy (non-hydrogen) atoms. The van der Waals surface area contributed by atoms with Gasteiger partial charge < -0.3 is 15.8 Å². The first-order valence-electron chi connectivity index (χ1n) is 4.12. The van der Waals surface area contributed by atoms with E-state index >= 15 is 0 Å². The molecule has 0 aliphatic rings. The Kier molecular flexibility index (Phi) is 3.98. The molecule has 3 nitrogen and oxygen atoms in total. The molecular weight excluding hydrogens is 207 g/mol. The van der Waals surface area contributed by atoms with E-state index in [1.807, 2.05) is 0 Å². The standard InChI is InChI=1S/C9H12ClFN2O/c1-14-3-2-13-9-5-7(11)6(10)4-8(9)12/h4-5,13H,2-3,12H2,1H3. The summed E-state index contributed by atoms with van der Waals surface area (Å²) in [5, 5.41) is 2.96. The van der Waals surface area contributed by atoms with Gasteiger partial charge in [-0.05, 0) is 6.07 Å². The van der Waals surface area contributed by atoms with E-state index < -0.39 is 5.82 Å². The van der Waals surface area contributed by atoms with Gasteiger partial charge in [0, 0.05) is 19.7 Å². The molecule has 0 radical (unpaired) electrons. The molecule has 1 aromatic rings. The average molecular weight is 219 g/mol. The summed E-state index contributed by atoms with van der Waals surface area (Å²) in [4.78, 5) is 0. The van der Waals surface area contributed by atoms with Crippen LogP contribution in [0.25, 0.3) is 0 Å². The van der Waals surface area contributed by atoms with Crippen molar-refractivity contribution >= 4 is 23.0 Å². The van der Waals surface area contributed by atoms with Crippen molar-refractivity contribution in [3.63, 3.8) is 0 Å². The summed E-state index contributed by atoms with van der Waals surface area (Å²) in [6.45, 7) is 1.10. The second-order valence-electron chi connectivity index (χ2n) is 2.77. The second kappa shape index (κ2) is 5.02. The number of hydrogen-bond acceptors (Lipinski definition) is 3.